The third-order valence-electron chi connectivity index (χ3n) is 3.89. The smallest absolute Gasteiger partial charge is 0.312 e. The number of nitrogens with zero attached hydrogens (tertiary/aromatic N) is 1. The number of carbonyl (C=O) groups excluding carboxylic acids is 1. The molecule has 0 fully saturated rings. The summed E-state index contributed by atoms with van der Waals surface area (Å²) in [6, 6.07) is 5.21. The highest BCUT2D eigenvalue weighted by Crippen LogP contribution is 2.40. The topological polar surface area (TPSA) is 52.9 Å². The van der Waals surface area contributed by atoms with Crippen molar-refractivity contribution in [3.8, 4) is 6.07 Å². The van der Waals surface area contributed by atoms with E-state index in [9.17, 15) is 23.2 Å². The average Bonchev–Trinajstić information content (AvgIpc) is 3.03. The van der Waals surface area contributed by atoms with E-state index in [4.69, 9.17) is 11.6 Å². The van der Waals surface area contributed by atoms with Crippen LogP contribution in [0.15, 0.2) is 18.2 Å². The lowest BCUT2D eigenvalue weighted by Gasteiger charge is -2.05. The molecule has 0 saturated carbocycles. The van der Waals surface area contributed by atoms with Crippen molar-refractivity contribution in [3.63, 3.8) is 0 Å². The number of hydrogen-bond acceptors (Lipinski definition) is 4. The maximum absolute atomic E-state index is 12.9. The monoisotopic (exact) mass is 414 g/mol. The van der Waals surface area contributed by atoms with Gasteiger partial charge < -0.3 is 5.32 Å². The van der Waals surface area contributed by atoms with Gasteiger partial charge in [0, 0.05) is 15.0 Å². The molecule has 3 nitrogen and oxygen atoms in total. The second-order valence-electron chi connectivity index (χ2n) is 5.51. The largest absolute Gasteiger partial charge is 0.416 e. The van der Waals surface area contributed by atoms with Crippen LogP contribution in [-0.2, 0) is 6.18 Å². The Hall–Kier alpha value is -2.08. The number of nitriles is 1. The van der Waals surface area contributed by atoms with Gasteiger partial charge in [-0.3, -0.25) is 4.79 Å². The summed E-state index contributed by atoms with van der Waals surface area (Å²) in [5.74, 6) is -0.553. The number of thiophene rings is 2. The number of benzene rings is 1. The highest BCUT2D eigenvalue weighted by atomic mass is 35.5. The molecule has 0 aliphatic heterocycles. The Kier molecular flexibility index (Phi) is 4.73. The highest BCUT2D eigenvalue weighted by Gasteiger charge is 2.31. The van der Waals surface area contributed by atoms with E-state index in [-0.39, 0.29) is 14.6 Å². The minimum atomic E-state index is -4.47. The molecule has 0 aliphatic carbocycles. The molecule has 1 N–H and O–H groups in total. The van der Waals surface area contributed by atoms with Crippen molar-refractivity contribution in [2.45, 2.75) is 20.0 Å². The number of aryl methyl sites for hydroxylation is 1. The quantitative estimate of drug-likeness (QED) is 0.529. The van der Waals surface area contributed by atoms with Crippen LogP contribution in [0.4, 0.5) is 18.2 Å². The molecule has 0 radical (unpaired) electrons. The summed E-state index contributed by atoms with van der Waals surface area (Å²) in [5, 5.41) is 12.8. The van der Waals surface area contributed by atoms with Gasteiger partial charge in [-0.15, -0.1) is 22.7 Å². The fraction of sp³-hybridized carbons (Fsp3) is 0.176. The maximum atomic E-state index is 12.9. The SMILES string of the molecule is Cc1sc(NC(=O)c2sc3cc(C(F)(F)F)ccc3c2Cl)c(C#N)c1C. The number of anilines is 1. The number of amides is 1. The molecule has 1 aromatic carbocycles. The van der Waals surface area contributed by atoms with Crippen molar-refractivity contribution in [3.05, 3.63) is 49.7 Å². The molecule has 0 aliphatic rings. The molecule has 3 rings (SSSR count). The Labute approximate surface area is 159 Å². The van der Waals surface area contributed by atoms with Crippen LogP contribution in [0.1, 0.15) is 31.2 Å². The second-order valence-corrected chi connectivity index (χ2v) is 8.16. The van der Waals surface area contributed by atoms with Gasteiger partial charge in [0.25, 0.3) is 5.91 Å². The molecule has 26 heavy (non-hydrogen) atoms. The van der Waals surface area contributed by atoms with Crippen LogP contribution >= 0.6 is 34.3 Å². The Morgan fingerprint density at radius 2 is 1.96 bits per heavy atom. The molecule has 0 unspecified atom stereocenters. The molecule has 0 saturated heterocycles. The first-order chi connectivity index (χ1) is 12.1. The minimum Gasteiger partial charge on any atom is -0.312 e. The zero-order chi connectivity index (χ0) is 19.2. The van der Waals surface area contributed by atoms with E-state index in [1.165, 1.54) is 17.4 Å². The predicted octanol–water partition coefficient (Wildman–Crippen LogP) is 6.38. The van der Waals surface area contributed by atoms with E-state index in [1.54, 1.807) is 6.92 Å². The molecule has 9 heteroatoms. The number of rotatable bonds is 2. The van der Waals surface area contributed by atoms with Crippen molar-refractivity contribution in [2.75, 3.05) is 5.32 Å². The Bertz CT molecular complexity index is 1080. The standard InChI is InChI=1S/C17H10ClF3N2OS2/c1-7-8(2)25-16(11(7)6-22)23-15(24)14-13(18)10-4-3-9(17(19,20)21)5-12(10)26-14/h3-5H,1-2H3,(H,23,24). The molecule has 1 amide bonds. The third kappa shape index (κ3) is 3.18. The molecular formula is C17H10ClF3N2OS2. The zero-order valence-electron chi connectivity index (χ0n) is 13.4. The van der Waals surface area contributed by atoms with Crippen LogP contribution < -0.4 is 5.32 Å². The Morgan fingerprint density at radius 1 is 1.27 bits per heavy atom. The zero-order valence-corrected chi connectivity index (χ0v) is 15.8. The van der Waals surface area contributed by atoms with Crippen LogP contribution in [0.5, 0.6) is 0 Å². The lowest BCUT2D eigenvalue weighted by molar-refractivity contribution is -0.137. The first kappa shape index (κ1) is 18.7. The van der Waals surface area contributed by atoms with Crippen molar-refractivity contribution >= 4 is 55.3 Å². The van der Waals surface area contributed by atoms with E-state index in [0.29, 0.717) is 16.0 Å². The van der Waals surface area contributed by atoms with Gasteiger partial charge in [0.15, 0.2) is 0 Å². The molecule has 2 aromatic heterocycles. The number of alkyl halides is 3. The first-order valence-corrected chi connectivity index (χ1v) is 9.25. The summed E-state index contributed by atoms with van der Waals surface area (Å²) >= 11 is 8.35. The number of fused-ring (bicyclic) bond motifs is 1. The van der Waals surface area contributed by atoms with Gasteiger partial charge in [0.2, 0.25) is 0 Å². The van der Waals surface area contributed by atoms with Crippen molar-refractivity contribution < 1.29 is 18.0 Å². The molecule has 2 heterocycles. The summed E-state index contributed by atoms with van der Waals surface area (Å²) in [6.07, 6.45) is -4.47. The van der Waals surface area contributed by atoms with Crippen LogP contribution in [0, 0.1) is 25.2 Å². The molecule has 0 bridgehead atoms. The average molecular weight is 415 g/mol. The third-order valence-corrected chi connectivity index (χ3v) is 6.67. The van der Waals surface area contributed by atoms with E-state index in [1.807, 2.05) is 13.0 Å². The van der Waals surface area contributed by atoms with Crippen LogP contribution in [-0.4, -0.2) is 5.91 Å². The molecule has 0 spiro atoms. The summed E-state index contributed by atoms with van der Waals surface area (Å²) in [4.78, 5) is 13.6. The van der Waals surface area contributed by atoms with E-state index in [2.05, 4.69) is 5.32 Å². The van der Waals surface area contributed by atoms with Gasteiger partial charge in [0.05, 0.1) is 16.1 Å². The summed E-state index contributed by atoms with van der Waals surface area (Å²) in [6.45, 7) is 3.62. The second kappa shape index (κ2) is 6.58. The lowest BCUT2D eigenvalue weighted by atomic mass is 10.1. The summed E-state index contributed by atoms with van der Waals surface area (Å²) in [5.41, 5.74) is 0.355. The molecule has 134 valence electrons. The Morgan fingerprint density at radius 3 is 2.58 bits per heavy atom. The maximum Gasteiger partial charge on any atom is 0.416 e. The van der Waals surface area contributed by atoms with Crippen LogP contribution in [0.3, 0.4) is 0 Å². The first-order valence-electron chi connectivity index (χ1n) is 7.24. The normalized spacial score (nSPS) is 11.6. The van der Waals surface area contributed by atoms with Crippen LogP contribution in [0.25, 0.3) is 10.1 Å². The fourth-order valence-electron chi connectivity index (χ4n) is 2.40. The molecule has 0 atom stereocenters. The van der Waals surface area contributed by atoms with Gasteiger partial charge in [-0.25, -0.2) is 0 Å². The number of halogens is 4. The fourth-order valence-corrected chi connectivity index (χ4v) is 4.85. The van der Waals surface area contributed by atoms with Crippen molar-refractivity contribution in [1.29, 1.82) is 5.26 Å². The van der Waals surface area contributed by atoms with E-state index < -0.39 is 17.6 Å². The minimum absolute atomic E-state index is 0.0970. The number of hydrogen-bond donors (Lipinski definition) is 1. The van der Waals surface area contributed by atoms with Gasteiger partial charge in [-0.05, 0) is 31.5 Å². The van der Waals surface area contributed by atoms with Gasteiger partial charge in [0.1, 0.15) is 15.9 Å². The Balaban J connectivity index is 2.00. The predicted molar refractivity (Wildman–Crippen MR) is 98.3 cm³/mol. The van der Waals surface area contributed by atoms with Crippen LogP contribution in [0.2, 0.25) is 5.02 Å². The lowest BCUT2D eigenvalue weighted by Crippen LogP contribution is -2.10. The van der Waals surface area contributed by atoms with E-state index >= 15 is 0 Å². The highest BCUT2D eigenvalue weighted by molar-refractivity contribution is 7.22. The van der Waals surface area contributed by atoms with Crippen molar-refractivity contribution in [1.82, 2.24) is 0 Å². The molecule has 3 aromatic rings. The van der Waals surface area contributed by atoms with Gasteiger partial charge >= 0.3 is 6.18 Å². The van der Waals surface area contributed by atoms with Crippen molar-refractivity contribution in [2.24, 2.45) is 0 Å². The van der Waals surface area contributed by atoms with Gasteiger partial charge in [-0.2, -0.15) is 18.4 Å². The molecular weight excluding hydrogens is 405 g/mol. The number of carbonyl (C=O) groups is 1. The van der Waals surface area contributed by atoms with Gasteiger partial charge in [-0.1, -0.05) is 17.7 Å². The van der Waals surface area contributed by atoms with E-state index in [0.717, 1.165) is 33.9 Å². The number of nitrogens with one attached hydrogen (secondary N) is 1. The summed E-state index contributed by atoms with van der Waals surface area (Å²) < 4.78 is 38.8. The summed E-state index contributed by atoms with van der Waals surface area (Å²) in [7, 11) is 0.